The predicted octanol–water partition coefficient (Wildman–Crippen LogP) is 4.31. The van der Waals surface area contributed by atoms with E-state index < -0.39 is 81.2 Å². The maximum atomic E-state index is 13.9. The highest BCUT2D eigenvalue weighted by atomic mass is 35.5. The molecule has 3 N–H and O–H groups in total. The Bertz CT molecular complexity index is 1730. The van der Waals surface area contributed by atoms with E-state index >= 15 is 0 Å². The molecular weight excluding hydrogens is 693 g/mol. The summed E-state index contributed by atoms with van der Waals surface area (Å²) in [6.45, 7) is 6.97. The lowest BCUT2D eigenvalue weighted by Gasteiger charge is -2.33. The van der Waals surface area contributed by atoms with E-state index in [1.807, 2.05) is 4.72 Å². The van der Waals surface area contributed by atoms with Crippen molar-refractivity contribution in [2.75, 3.05) is 6.54 Å². The molecule has 17 heteroatoms. The molecule has 1 aliphatic rings. The second-order valence-corrected chi connectivity index (χ2v) is 13.9. The number of nitrogens with zero attached hydrogens (tertiary/aromatic N) is 1. The van der Waals surface area contributed by atoms with Gasteiger partial charge in [-0.15, -0.1) is 0 Å². The Kier molecular flexibility index (Phi) is 12.6. The van der Waals surface area contributed by atoms with Crippen molar-refractivity contribution in [1.29, 1.82) is 0 Å². The first-order valence-corrected chi connectivity index (χ1v) is 16.9. The van der Waals surface area contributed by atoms with Crippen molar-refractivity contribution in [2.24, 2.45) is 11.8 Å². The van der Waals surface area contributed by atoms with Crippen molar-refractivity contribution in [1.82, 2.24) is 20.3 Å². The minimum atomic E-state index is -5.03. The maximum Gasteiger partial charge on any atom is 0.451 e. The van der Waals surface area contributed by atoms with Crippen LogP contribution in [0.1, 0.15) is 68.2 Å². The Morgan fingerprint density at radius 2 is 1.47 bits per heavy atom. The van der Waals surface area contributed by atoms with Crippen LogP contribution < -0.4 is 15.4 Å². The molecule has 0 aliphatic carbocycles. The predicted molar refractivity (Wildman–Crippen MR) is 171 cm³/mol. The third-order valence-electron chi connectivity index (χ3n) is 7.39. The number of benzene rings is 2. The molecule has 2 aromatic rings. The average Bonchev–Trinajstić information content (AvgIpc) is 3.48. The molecule has 2 atom stereocenters. The number of alkyl halides is 3. The molecule has 12 nitrogen and oxygen atoms in total. The van der Waals surface area contributed by atoms with Crippen LogP contribution in [0, 0.1) is 11.8 Å². The number of rotatable bonds is 11. The molecule has 3 rings (SSSR count). The van der Waals surface area contributed by atoms with Gasteiger partial charge in [-0.1, -0.05) is 39.3 Å². The zero-order chi connectivity index (χ0) is 36.8. The molecule has 0 unspecified atom stereocenters. The first kappa shape index (κ1) is 39.0. The highest BCUT2D eigenvalue weighted by Crippen LogP contribution is 2.37. The van der Waals surface area contributed by atoms with Gasteiger partial charge in [-0.25, -0.2) is 13.1 Å². The van der Waals surface area contributed by atoms with Gasteiger partial charge in [0.1, 0.15) is 12.1 Å². The fourth-order valence-electron chi connectivity index (χ4n) is 5.12. The van der Waals surface area contributed by atoms with Crippen molar-refractivity contribution in [3.8, 4) is 0 Å². The molecule has 0 bridgehead atoms. The molecular formula is C32H36ClF3N4O8S. The normalized spacial score (nSPS) is 16.1. The van der Waals surface area contributed by atoms with E-state index in [-0.39, 0.29) is 29.0 Å². The van der Waals surface area contributed by atoms with Gasteiger partial charge in [-0.2, -0.15) is 13.2 Å². The number of nitrogens with one attached hydrogen (secondary N) is 3. The number of carbonyl (C=O) groups excluding carboxylic acids is 5. The molecule has 49 heavy (non-hydrogen) atoms. The number of ether oxygens (including phenoxy) is 1. The third-order valence-corrected chi connectivity index (χ3v) is 8.99. The smallest absolute Gasteiger partial charge is 0.420 e. The van der Waals surface area contributed by atoms with E-state index in [1.165, 1.54) is 67.3 Å². The average molecular weight is 729 g/mol. The van der Waals surface area contributed by atoms with Crippen LogP contribution in [-0.2, 0) is 29.1 Å². The number of amides is 4. The molecule has 4 amide bonds. The molecule has 1 saturated heterocycles. The number of halogens is 4. The van der Waals surface area contributed by atoms with Crippen LogP contribution in [0.3, 0.4) is 0 Å². The summed E-state index contributed by atoms with van der Waals surface area (Å²) in [5.41, 5.74) is -0.488. The van der Waals surface area contributed by atoms with Crippen molar-refractivity contribution < 1.29 is 50.3 Å². The van der Waals surface area contributed by atoms with Gasteiger partial charge in [0, 0.05) is 29.6 Å². The van der Waals surface area contributed by atoms with Gasteiger partial charge in [0.05, 0.1) is 10.6 Å². The number of imide groups is 1. The van der Waals surface area contributed by atoms with Gasteiger partial charge in [0.15, 0.2) is 0 Å². The molecule has 0 saturated carbocycles. The van der Waals surface area contributed by atoms with Crippen molar-refractivity contribution in [3.63, 3.8) is 0 Å². The lowest BCUT2D eigenvalue weighted by molar-refractivity contribution is -0.160. The minimum Gasteiger partial charge on any atom is -0.420 e. The van der Waals surface area contributed by atoms with Crippen molar-refractivity contribution >= 4 is 51.2 Å². The minimum absolute atomic E-state index is 0.000664. The Morgan fingerprint density at radius 1 is 0.918 bits per heavy atom. The van der Waals surface area contributed by atoms with Crippen LogP contribution in [0.5, 0.6) is 0 Å². The Morgan fingerprint density at radius 3 is 1.96 bits per heavy atom. The number of hydrogen-bond acceptors (Lipinski definition) is 9. The summed E-state index contributed by atoms with van der Waals surface area (Å²) in [5, 5.41) is 5.02. The van der Waals surface area contributed by atoms with Gasteiger partial charge < -0.3 is 15.0 Å². The number of likely N-dealkylation sites (tertiary alicyclic amines) is 1. The van der Waals surface area contributed by atoms with E-state index in [4.69, 9.17) is 11.6 Å². The summed E-state index contributed by atoms with van der Waals surface area (Å²) >= 11 is 5.78. The molecule has 0 spiro atoms. The maximum absolute atomic E-state index is 13.9. The van der Waals surface area contributed by atoms with Crippen LogP contribution in [0.25, 0.3) is 0 Å². The zero-order valence-corrected chi connectivity index (χ0v) is 28.8. The van der Waals surface area contributed by atoms with Gasteiger partial charge in [-0.3, -0.25) is 29.3 Å². The molecule has 1 fully saturated rings. The van der Waals surface area contributed by atoms with Crippen LogP contribution in [0.15, 0.2) is 64.9 Å². The highest BCUT2D eigenvalue weighted by Gasteiger charge is 2.45. The molecule has 2 aromatic carbocycles. The van der Waals surface area contributed by atoms with Crippen molar-refractivity contribution in [2.45, 2.75) is 70.6 Å². The first-order valence-electron chi connectivity index (χ1n) is 15.1. The quantitative estimate of drug-likeness (QED) is 0.226. The van der Waals surface area contributed by atoms with Crippen molar-refractivity contribution in [3.05, 3.63) is 76.1 Å². The van der Waals surface area contributed by atoms with Gasteiger partial charge in [0.25, 0.3) is 21.8 Å². The van der Waals surface area contributed by atoms with E-state index in [0.717, 1.165) is 6.92 Å². The molecule has 0 aromatic heterocycles. The third kappa shape index (κ3) is 10.0. The highest BCUT2D eigenvalue weighted by molar-refractivity contribution is 7.90. The van der Waals surface area contributed by atoms with Gasteiger partial charge in [-0.05, 0) is 73.2 Å². The van der Waals surface area contributed by atoms with Gasteiger partial charge in [0.2, 0.25) is 17.6 Å². The molecule has 0 radical (unpaired) electrons. The molecule has 266 valence electrons. The van der Waals surface area contributed by atoms with E-state index in [1.54, 1.807) is 13.8 Å². The number of allylic oxidation sites excluding steroid dienone is 2. The number of esters is 1. The zero-order valence-electron chi connectivity index (χ0n) is 27.2. The molecule has 1 aliphatic heterocycles. The standard InChI is InChI=1S/C32H36ClF3N4O8S/c1-17(2)25(31(45)38-30(44)24-7-6-16-40(24)26(18(3)4)27(32(34,35)36)48-19(5)41)37-28(42)20-8-10-21(11-9-20)29(43)39-49(46,47)23-14-12-22(33)13-15-23/h8-15,17-18,24-25H,6-7,16H2,1-5H3,(H,37,42)(H,39,43)(H,38,44,45)/b27-26+/t24-,25-/m0/s1. The summed E-state index contributed by atoms with van der Waals surface area (Å²) < 4.78 is 73.3. The summed E-state index contributed by atoms with van der Waals surface area (Å²) in [5.74, 6) is -7.60. The summed E-state index contributed by atoms with van der Waals surface area (Å²) in [6, 6.07) is 7.56. The number of carbonyl (C=O) groups is 5. The fourth-order valence-corrected chi connectivity index (χ4v) is 6.22. The number of hydrogen-bond donors (Lipinski definition) is 3. The van der Waals surface area contributed by atoms with E-state index in [9.17, 15) is 45.6 Å². The summed E-state index contributed by atoms with van der Waals surface area (Å²) in [6.07, 6.45) is -4.60. The number of sulfonamides is 1. The van der Waals surface area contributed by atoms with Crippen LogP contribution in [-0.4, -0.2) is 67.7 Å². The van der Waals surface area contributed by atoms with E-state index in [0.29, 0.717) is 11.4 Å². The van der Waals surface area contributed by atoms with Crippen LogP contribution >= 0.6 is 11.6 Å². The fraction of sp³-hybridized carbons (Fsp3) is 0.406. The summed E-state index contributed by atoms with van der Waals surface area (Å²) in [7, 11) is -4.22. The van der Waals surface area contributed by atoms with Crippen LogP contribution in [0.2, 0.25) is 5.02 Å². The Labute approximate surface area is 286 Å². The largest absolute Gasteiger partial charge is 0.451 e. The second kappa shape index (κ2) is 15.8. The van der Waals surface area contributed by atoms with Crippen LogP contribution in [0.4, 0.5) is 13.2 Å². The monoisotopic (exact) mass is 728 g/mol. The Balaban J connectivity index is 1.73. The molecule has 1 heterocycles. The second-order valence-electron chi connectivity index (χ2n) is 11.8. The topological polar surface area (TPSA) is 168 Å². The Hall–Kier alpha value is -4.44. The lowest BCUT2D eigenvalue weighted by atomic mass is 10.0. The lowest BCUT2D eigenvalue weighted by Crippen LogP contribution is -2.54. The van der Waals surface area contributed by atoms with Gasteiger partial charge >= 0.3 is 12.1 Å². The SMILES string of the molecule is CC(=O)O/C(=C(\C(C)C)N1CCC[C@H]1C(=O)NC(=O)[C@@H](NC(=O)c1ccc(C(=O)NS(=O)(=O)c2ccc(Cl)cc2)cc1)C(C)C)C(F)(F)F. The summed E-state index contributed by atoms with van der Waals surface area (Å²) in [4.78, 5) is 64.7. The van der Waals surface area contributed by atoms with E-state index in [2.05, 4.69) is 15.4 Å². The first-order chi connectivity index (χ1) is 22.7.